The maximum absolute atomic E-state index is 5.66. The summed E-state index contributed by atoms with van der Waals surface area (Å²) in [7, 11) is 0. The molecule has 5 heteroatoms. The molecule has 5 nitrogen and oxygen atoms in total. The molecule has 1 aromatic heterocycles. The van der Waals surface area contributed by atoms with E-state index >= 15 is 0 Å². The lowest BCUT2D eigenvalue weighted by Crippen LogP contribution is -1.98. The molecular weight excluding hydrogens is 278 g/mol. The van der Waals surface area contributed by atoms with Crippen LogP contribution in [0, 0.1) is 6.92 Å². The van der Waals surface area contributed by atoms with Crippen molar-refractivity contribution in [1.82, 2.24) is 10.1 Å². The fourth-order valence-corrected chi connectivity index (χ4v) is 2.01. The average molecular weight is 295 g/mol. The molecule has 2 aromatic carbocycles. The molecule has 0 radical (unpaired) electrons. The Labute approximate surface area is 128 Å². The minimum absolute atomic E-state index is 0.286. The fourth-order valence-electron chi connectivity index (χ4n) is 2.01. The lowest BCUT2D eigenvalue weighted by Gasteiger charge is -2.02. The molecule has 0 bridgehead atoms. The van der Waals surface area contributed by atoms with Gasteiger partial charge in [-0.25, -0.2) is 0 Å². The third-order valence-corrected chi connectivity index (χ3v) is 3.23. The van der Waals surface area contributed by atoms with Crippen molar-refractivity contribution in [2.75, 3.05) is 5.73 Å². The molecule has 0 spiro atoms. The van der Waals surface area contributed by atoms with Crippen LogP contribution >= 0.6 is 0 Å². The first-order valence-electron chi connectivity index (χ1n) is 7.04. The third-order valence-electron chi connectivity index (χ3n) is 3.23. The minimum atomic E-state index is 0.286. The summed E-state index contributed by atoms with van der Waals surface area (Å²) in [6, 6.07) is 15.4. The first kappa shape index (κ1) is 14.1. The Hall–Kier alpha value is -2.82. The first-order chi connectivity index (χ1) is 10.7. The smallest absolute Gasteiger partial charge is 0.231 e. The number of anilines is 1. The molecule has 22 heavy (non-hydrogen) atoms. The van der Waals surface area contributed by atoms with Gasteiger partial charge in [0, 0.05) is 5.69 Å². The van der Waals surface area contributed by atoms with E-state index in [4.69, 9.17) is 15.0 Å². The van der Waals surface area contributed by atoms with Crippen LogP contribution in [0.25, 0.3) is 0 Å². The fraction of sp³-hybridized carbons (Fsp3) is 0.176. The van der Waals surface area contributed by atoms with Crippen molar-refractivity contribution in [2.45, 2.75) is 20.0 Å². The first-order valence-corrected chi connectivity index (χ1v) is 7.04. The van der Waals surface area contributed by atoms with E-state index in [0.29, 0.717) is 18.1 Å². The molecule has 0 aliphatic heterocycles. The number of benzene rings is 2. The van der Waals surface area contributed by atoms with E-state index in [1.54, 1.807) is 0 Å². The molecule has 0 fully saturated rings. The number of hydrogen-bond acceptors (Lipinski definition) is 5. The van der Waals surface area contributed by atoms with Crippen molar-refractivity contribution in [3.63, 3.8) is 0 Å². The normalized spacial score (nSPS) is 10.6. The highest BCUT2D eigenvalue weighted by Crippen LogP contribution is 2.14. The zero-order valence-corrected chi connectivity index (χ0v) is 12.3. The zero-order valence-electron chi connectivity index (χ0n) is 12.3. The highest BCUT2D eigenvalue weighted by atomic mass is 16.5. The standard InChI is InChI=1S/C17H17N3O2/c1-12-2-8-15(9-3-12)21-11-16-19-17(22-20-16)10-13-4-6-14(18)7-5-13/h2-9H,10-11,18H2,1H3. The zero-order chi connectivity index (χ0) is 15.4. The van der Waals surface area contributed by atoms with Gasteiger partial charge in [-0.1, -0.05) is 35.0 Å². The average Bonchev–Trinajstić information content (AvgIpc) is 2.97. The van der Waals surface area contributed by atoms with E-state index in [9.17, 15) is 0 Å². The predicted octanol–water partition coefficient (Wildman–Crippen LogP) is 3.13. The number of rotatable bonds is 5. The topological polar surface area (TPSA) is 74.2 Å². The Morgan fingerprint density at radius 2 is 1.77 bits per heavy atom. The summed E-state index contributed by atoms with van der Waals surface area (Å²) in [5, 5.41) is 3.93. The molecule has 3 rings (SSSR count). The quantitative estimate of drug-likeness (QED) is 0.732. The number of aryl methyl sites for hydroxylation is 1. The Kier molecular flexibility index (Phi) is 4.05. The number of ether oxygens (including phenoxy) is 1. The van der Waals surface area contributed by atoms with E-state index in [1.807, 2.05) is 55.5 Å². The van der Waals surface area contributed by atoms with Gasteiger partial charge < -0.3 is 15.0 Å². The number of nitrogens with two attached hydrogens (primary N) is 1. The van der Waals surface area contributed by atoms with Gasteiger partial charge in [0.25, 0.3) is 0 Å². The van der Waals surface area contributed by atoms with E-state index in [2.05, 4.69) is 10.1 Å². The third kappa shape index (κ3) is 3.63. The molecule has 3 aromatic rings. The summed E-state index contributed by atoms with van der Waals surface area (Å²) >= 11 is 0. The molecule has 0 unspecified atom stereocenters. The summed E-state index contributed by atoms with van der Waals surface area (Å²) in [5.74, 6) is 1.88. The number of aromatic nitrogens is 2. The highest BCUT2D eigenvalue weighted by molar-refractivity contribution is 5.39. The van der Waals surface area contributed by atoms with Crippen molar-refractivity contribution in [3.8, 4) is 5.75 Å². The molecule has 1 heterocycles. The summed E-state index contributed by atoms with van der Waals surface area (Å²) in [6.07, 6.45) is 0.581. The van der Waals surface area contributed by atoms with Gasteiger partial charge in [0.1, 0.15) is 5.75 Å². The number of hydrogen-bond donors (Lipinski definition) is 1. The molecule has 112 valence electrons. The van der Waals surface area contributed by atoms with Gasteiger partial charge >= 0.3 is 0 Å². The van der Waals surface area contributed by atoms with Crippen LogP contribution in [0.15, 0.2) is 53.1 Å². The van der Waals surface area contributed by atoms with Gasteiger partial charge in [-0.2, -0.15) is 4.98 Å². The van der Waals surface area contributed by atoms with E-state index < -0.39 is 0 Å². The van der Waals surface area contributed by atoms with E-state index in [1.165, 1.54) is 5.56 Å². The summed E-state index contributed by atoms with van der Waals surface area (Å²) in [4.78, 5) is 4.33. The predicted molar refractivity (Wildman–Crippen MR) is 83.5 cm³/mol. The van der Waals surface area contributed by atoms with Crippen molar-refractivity contribution in [2.24, 2.45) is 0 Å². The monoisotopic (exact) mass is 295 g/mol. The molecule has 0 saturated carbocycles. The van der Waals surface area contributed by atoms with E-state index in [-0.39, 0.29) is 6.61 Å². The summed E-state index contributed by atoms with van der Waals surface area (Å²) in [6.45, 7) is 2.32. The highest BCUT2D eigenvalue weighted by Gasteiger charge is 2.08. The van der Waals surface area contributed by atoms with Crippen molar-refractivity contribution < 1.29 is 9.26 Å². The Balaban J connectivity index is 1.59. The molecule has 0 aliphatic carbocycles. The largest absolute Gasteiger partial charge is 0.485 e. The van der Waals surface area contributed by atoms with Gasteiger partial charge in [-0.15, -0.1) is 0 Å². The molecular formula is C17H17N3O2. The molecule has 0 saturated heterocycles. The van der Waals surface area contributed by atoms with Gasteiger partial charge in [0.2, 0.25) is 11.7 Å². The second kappa shape index (κ2) is 6.30. The van der Waals surface area contributed by atoms with Crippen LogP contribution in [0.5, 0.6) is 5.75 Å². The summed E-state index contributed by atoms with van der Waals surface area (Å²) in [5.41, 5.74) is 8.66. The second-order valence-electron chi connectivity index (χ2n) is 5.12. The van der Waals surface area contributed by atoms with Crippen LogP contribution in [0.4, 0.5) is 5.69 Å². The van der Waals surface area contributed by atoms with Crippen LogP contribution < -0.4 is 10.5 Å². The van der Waals surface area contributed by atoms with Crippen LogP contribution in [0.1, 0.15) is 22.8 Å². The Morgan fingerprint density at radius 3 is 2.50 bits per heavy atom. The molecule has 0 aliphatic rings. The van der Waals surface area contributed by atoms with Crippen molar-refractivity contribution >= 4 is 5.69 Å². The van der Waals surface area contributed by atoms with Crippen LogP contribution in [-0.4, -0.2) is 10.1 Å². The maximum Gasteiger partial charge on any atom is 0.231 e. The number of nitrogens with zero attached hydrogens (tertiary/aromatic N) is 2. The minimum Gasteiger partial charge on any atom is -0.485 e. The van der Waals surface area contributed by atoms with Crippen LogP contribution in [0.2, 0.25) is 0 Å². The number of nitrogen functional groups attached to an aromatic ring is 1. The molecule has 0 amide bonds. The SMILES string of the molecule is Cc1ccc(OCc2noc(Cc3ccc(N)cc3)n2)cc1. The Morgan fingerprint density at radius 1 is 1.05 bits per heavy atom. The van der Waals surface area contributed by atoms with Gasteiger partial charge in [0.05, 0.1) is 6.42 Å². The van der Waals surface area contributed by atoms with Gasteiger partial charge in [-0.05, 0) is 36.8 Å². The molecule has 0 atom stereocenters. The lowest BCUT2D eigenvalue weighted by atomic mass is 10.1. The maximum atomic E-state index is 5.66. The second-order valence-corrected chi connectivity index (χ2v) is 5.12. The summed E-state index contributed by atoms with van der Waals surface area (Å²) < 4.78 is 10.9. The van der Waals surface area contributed by atoms with Gasteiger partial charge in [0.15, 0.2) is 6.61 Å². The molecule has 2 N–H and O–H groups in total. The van der Waals surface area contributed by atoms with Crippen molar-refractivity contribution in [1.29, 1.82) is 0 Å². The van der Waals surface area contributed by atoms with Crippen molar-refractivity contribution in [3.05, 3.63) is 71.4 Å². The van der Waals surface area contributed by atoms with Crippen LogP contribution in [0.3, 0.4) is 0 Å². The van der Waals surface area contributed by atoms with E-state index in [0.717, 1.165) is 17.0 Å². The van der Waals surface area contributed by atoms with Crippen LogP contribution in [-0.2, 0) is 13.0 Å². The van der Waals surface area contributed by atoms with Gasteiger partial charge in [-0.3, -0.25) is 0 Å². The Bertz CT molecular complexity index is 733. The lowest BCUT2D eigenvalue weighted by molar-refractivity contribution is 0.285.